The molecule has 0 spiro atoms. The van der Waals surface area contributed by atoms with Gasteiger partial charge in [-0.1, -0.05) is 12.1 Å². The Labute approximate surface area is 86.2 Å². The SMILES string of the molecule is CC(C)N(C)C(C)c1ccc(O)cc1. The molecule has 0 saturated heterocycles. The Morgan fingerprint density at radius 1 is 1.07 bits per heavy atom. The van der Waals surface area contributed by atoms with E-state index < -0.39 is 0 Å². The van der Waals surface area contributed by atoms with Crippen LogP contribution >= 0.6 is 0 Å². The predicted octanol–water partition coefficient (Wildman–Crippen LogP) is 2.79. The molecule has 0 amide bonds. The molecule has 1 atom stereocenters. The minimum absolute atomic E-state index is 0.327. The Morgan fingerprint density at radius 2 is 1.57 bits per heavy atom. The van der Waals surface area contributed by atoms with E-state index in [0.29, 0.717) is 17.8 Å². The summed E-state index contributed by atoms with van der Waals surface area (Å²) in [4.78, 5) is 2.30. The van der Waals surface area contributed by atoms with Gasteiger partial charge in [0.25, 0.3) is 0 Å². The normalized spacial score (nSPS) is 13.6. The summed E-state index contributed by atoms with van der Waals surface area (Å²) in [5, 5.41) is 9.17. The van der Waals surface area contributed by atoms with Crippen LogP contribution in [0.4, 0.5) is 0 Å². The van der Waals surface area contributed by atoms with Gasteiger partial charge in [-0.05, 0) is 45.5 Å². The fraction of sp³-hybridized carbons (Fsp3) is 0.500. The Kier molecular flexibility index (Phi) is 3.53. The lowest BCUT2D eigenvalue weighted by Gasteiger charge is -2.28. The predicted molar refractivity (Wildman–Crippen MR) is 59.4 cm³/mol. The van der Waals surface area contributed by atoms with Gasteiger partial charge in [0, 0.05) is 12.1 Å². The van der Waals surface area contributed by atoms with E-state index in [9.17, 15) is 5.11 Å². The maximum Gasteiger partial charge on any atom is 0.115 e. The molecule has 0 fully saturated rings. The number of hydrogen-bond acceptors (Lipinski definition) is 2. The third kappa shape index (κ3) is 2.48. The van der Waals surface area contributed by atoms with Crippen molar-refractivity contribution in [2.24, 2.45) is 0 Å². The molecule has 1 unspecified atom stereocenters. The molecule has 0 aliphatic rings. The second-order valence-corrected chi connectivity index (χ2v) is 4.03. The number of nitrogens with zero attached hydrogens (tertiary/aromatic N) is 1. The fourth-order valence-corrected chi connectivity index (χ4v) is 1.44. The van der Waals surface area contributed by atoms with Crippen molar-refractivity contribution in [3.05, 3.63) is 29.8 Å². The lowest BCUT2D eigenvalue weighted by atomic mass is 10.1. The van der Waals surface area contributed by atoms with Crippen LogP contribution in [-0.2, 0) is 0 Å². The minimum atomic E-state index is 0.327. The topological polar surface area (TPSA) is 23.5 Å². The molecule has 0 aromatic heterocycles. The first-order valence-electron chi connectivity index (χ1n) is 5.03. The van der Waals surface area contributed by atoms with Crippen molar-refractivity contribution in [2.45, 2.75) is 32.9 Å². The van der Waals surface area contributed by atoms with E-state index >= 15 is 0 Å². The molecule has 0 radical (unpaired) electrons. The molecule has 1 aromatic carbocycles. The monoisotopic (exact) mass is 193 g/mol. The average Bonchev–Trinajstić information content (AvgIpc) is 2.16. The standard InChI is InChI=1S/C12H19NO/c1-9(2)13(4)10(3)11-5-7-12(14)8-6-11/h5-10,14H,1-4H3. The molecule has 1 rings (SSSR count). The van der Waals surface area contributed by atoms with Crippen molar-refractivity contribution < 1.29 is 5.11 Å². The Morgan fingerprint density at radius 3 is 2.00 bits per heavy atom. The lowest BCUT2D eigenvalue weighted by molar-refractivity contribution is 0.210. The van der Waals surface area contributed by atoms with Gasteiger partial charge in [0.2, 0.25) is 0 Å². The first-order chi connectivity index (χ1) is 6.52. The van der Waals surface area contributed by atoms with Crippen molar-refractivity contribution >= 4 is 0 Å². The van der Waals surface area contributed by atoms with Crippen LogP contribution < -0.4 is 0 Å². The van der Waals surface area contributed by atoms with Crippen LogP contribution in [0.25, 0.3) is 0 Å². The second-order valence-electron chi connectivity index (χ2n) is 4.03. The van der Waals surface area contributed by atoms with E-state index in [1.807, 2.05) is 12.1 Å². The highest BCUT2D eigenvalue weighted by Crippen LogP contribution is 2.22. The summed E-state index contributed by atoms with van der Waals surface area (Å²) >= 11 is 0. The highest BCUT2D eigenvalue weighted by Gasteiger charge is 2.13. The summed E-state index contributed by atoms with van der Waals surface area (Å²) < 4.78 is 0. The van der Waals surface area contributed by atoms with Gasteiger partial charge in [0.05, 0.1) is 0 Å². The zero-order valence-corrected chi connectivity index (χ0v) is 9.36. The quantitative estimate of drug-likeness (QED) is 0.798. The maximum absolute atomic E-state index is 9.17. The number of hydrogen-bond donors (Lipinski definition) is 1. The van der Waals surface area contributed by atoms with E-state index in [0.717, 1.165) is 0 Å². The van der Waals surface area contributed by atoms with Crippen LogP contribution in [0.15, 0.2) is 24.3 Å². The van der Waals surface area contributed by atoms with Gasteiger partial charge in [-0.2, -0.15) is 0 Å². The maximum atomic E-state index is 9.17. The smallest absolute Gasteiger partial charge is 0.115 e. The van der Waals surface area contributed by atoms with Crippen LogP contribution in [-0.4, -0.2) is 23.1 Å². The molecule has 1 aromatic rings. The Bertz CT molecular complexity index is 279. The van der Waals surface area contributed by atoms with E-state index in [-0.39, 0.29) is 0 Å². The highest BCUT2D eigenvalue weighted by molar-refractivity contribution is 5.27. The minimum Gasteiger partial charge on any atom is -0.508 e. The van der Waals surface area contributed by atoms with Gasteiger partial charge in [-0.25, -0.2) is 0 Å². The number of phenolic OH excluding ortho intramolecular Hbond substituents is 1. The fourth-order valence-electron chi connectivity index (χ4n) is 1.44. The van der Waals surface area contributed by atoms with Crippen molar-refractivity contribution in [3.63, 3.8) is 0 Å². The van der Waals surface area contributed by atoms with Gasteiger partial charge >= 0.3 is 0 Å². The van der Waals surface area contributed by atoms with Gasteiger partial charge in [0.15, 0.2) is 0 Å². The first-order valence-corrected chi connectivity index (χ1v) is 5.03. The molecule has 0 bridgehead atoms. The van der Waals surface area contributed by atoms with E-state index in [1.54, 1.807) is 12.1 Å². The Balaban J connectivity index is 2.78. The molecular weight excluding hydrogens is 174 g/mol. The van der Waals surface area contributed by atoms with Crippen molar-refractivity contribution in [3.8, 4) is 5.75 Å². The molecule has 1 N–H and O–H groups in total. The van der Waals surface area contributed by atoms with Gasteiger partial charge in [-0.15, -0.1) is 0 Å². The van der Waals surface area contributed by atoms with Gasteiger partial charge < -0.3 is 5.11 Å². The van der Waals surface area contributed by atoms with Crippen LogP contribution in [0.5, 0.6) is 5.75 Å². The van der Waals surface area contributed by atoms with Gasteiger partial charge in [0.1, 0.15) is 5.75 Å². The van der Waals surface area contributed by atoms with Crippen LogP contribution in [0, 0.1) is 0 Å². The molecule has 2 heteroatoms. The van der Waals surface area contributed by atoms with Crippen LogP contribution in [0.1, 0.15) is 32.4 Å². The van der Waals surface area contributed by atoms with E-state index in [1.165, 1.54) is 5.56 Å². The number of aromatic hydroxyl groups is 1. The van der Waals surface area contributed by atoms with E-state index in [2.05, 4.69) is 32.7 Å². The summed E-state index contributed by atoms with van der Waals surface area (Å²) in [5.41, 5.74) is 1.24. The zero-order chi connectivity index (χ0) is 10.7. The molecule has 0 aliphatic heterocycles. The summed E-state index contributed by atoms with van der Waals surface area (Å²) in [5.74, 6) is 0.327. The van der Waals surface area contributed by atoms with Gasteiger partial charge in [-0.3, -0.25) is 4.90 Å². The van der Waals surface area contributed by atoms with Crippen LogP contribution in [0.2, 0.25) is 0 Å². The molecular formula is C12H19NO. The molecule has 0 saturated carbocycles. The lowest BCUT2D eigenvalue weighted by Crippen LogP contribution is -2.29. The molecule has 14 heavy (non-hydrogen) atoms. The number of phenols is 1. The summed E-state index contributed by atoms with van der Waals surface area (Å²) in [6.45, 7) is 6.53. The highest BCUT2D eigenvalue weighted by atomic mass is 16.3. The summed E-state index contributed by atoms with van der Waals surface area (Å²) in [6, 6.07) is 8.33. The van der Waals surface area contributed by atoms with Crippen LogP contribution in [0.3, 0.4) is 0 Å². The largest absolute Gasteiger partial charge is 0.508 e. The number of benzene rings is 1. The zero-order valence-electron chi connectivity index (χ0n) is 9.36. The molecule has 0 aliphatic carbocycles. The molecule has 0 heterocycles. The number of rotatable bonds is 3. The molecule has 2 nitrogen and oxygen atoms in total. The summed E-state index contributed by atoms with van der Waals surface area (Å²) in [7, 11) is 2.11. The summed E-state index contributed by atoms with van der Waals surface area (Å²) in [6.07, 6.45) is 0. The third-order valence-corrected chi connectivity index (χ3v) is 2.80. The Hall–Kier alpha value is -1.02. The first kappa shape index (κ1) is 11.1. The third-order valence-electron chi connectivity index (χ3n) is 2.80. The average molecular weight is 193 g/mol. The van der Waals surface area contributed by atoms with Crippen molar-refractivity contribution in [1.82, 2.24) is 4.90 Å². The van der Waals surface area contributed by atoms with Crippen molar-refractivity contribution in [1.29, 1.82) is 0 Å². The van der Waals surface area contributed by atoms with Crippen molar-refractivity contribution in [2.75, 3.05) is 7.05 Å². The van der Waals surface area contributed by atoms with E-state index in [4.69, 9.17) is 0 Å². The molecule has 78 valence electrons. The second kappa shape index (κ2) is 4.47.